The van der Waals surface area contributed by atoms with Gasteiger partial charge in [0.1, 0.15) is 0 Å². The van der Waals surface area contributed by atoms with Crippen molar-refractivity contribution in [2.45, 2.75) is 81.5 Å². The summed E-state index contributed by atoms with van der Waals surface area (Å²) in [6.07, 6.45) is 2.31. The van der Waals surface area contributed by atoms with Crippen molar-refractivity contribution in [3.05, 3.63) is 106 Å². The summed E-state index contributed by atoms with van der Waals surface area (Å²) in [7, 11) is 0. The van der Waals surface area contributed by atoms with E-state index in [0.717, 1.165) is 35.8 Å². The van der Waals surface area contributed by atoms with Crippen LogP contribution in [0, 0.1) is 0 Å². The van der Waals surface area contributed by atoms with Gasteiger partial charge < -0.3 is 15.5 Å². The summed E-state index contributed by atoms with van der Waals surface area (Å²) in [5.74, 6) is 0.152. The average molecular weight is 743 g/mol. The zero-order valence-electron chi connectivity index (χ0n) is 27.0. The van der Waals surface area contributed by atoms with Crippen LogP contribution in [0.15, 0.2) is 78.9 Å². The third-order valence-corrected chi connectivity index (χ3v) is 10.0. The highest BCUT2D eigenvalue weighted by molar-refractivity contribution is 14.1. The molecule has 1 fully saturated rings. The monoisotopic (exact) mass is 742 g/mol. The van der Waals surface area contributed by atoms with Crippen molar-refractivity contribution in [1.29, 1.82) is 0 Å². The van der Waals surface area contributed by atoms with E-state index < -0.39 is 0 Å². The highest BCUT2D eigenvalue weighted by Gasteiger charge is 2.33. The molecule has 0 aliphatic carbocycles. The van der Waals surface area contributed by atoms with Crippen molar-refractivity contribution in [3.63, 3.8) is 0 Å². The molecule has 0 radical (unpaired) electrons. The number of nitrogens with one attached hydrogen (secondary N) is 2. The van der Waals surface area contributed by atoms with Crippen LogP contribution in [0.25, 0.3) is 0 Å². The van der Waals surface area contributed by atoms with Crippen LogP contribution in [-0.2, 0) is 9.22 Å². The lowest BCUT2D eigenvalue weighted by Gasteiger charge is -2.33. The van der Waals surface area contributed by atoms with Gasteiger partial charge in [-0.25, -0.2) is 0 Å². The van der Waals surface area contributed by atoms with Crippen molar-refractivity contribution in [2.24, 2.45) is 0 Å². The van der Waals surface area contributed by atoms with Gasteiger partial charge >= 0.3 is 0 Å². The van der Waals surface area contributed by atoms with E-state index in [1.807, 2.05) is 18.2 Å². The van der Waals surface area contributed by atoms with Gasteiger partial charge in [0, 0.05) is 65.2 Å². The Hall–Kier alpha value is -2.46. The fourth-order valence-electron chi connectivity index (χ4n) is 6.36. The van der Waals surface area contributed by atoms with Crippen LogP contribution in [0.2, 0.25) is 5.02 Å². The number of hydrogen-bond acceptors (Lipinski definition) is 4. The molecule has 1 aliphatic rings. The number of nitrogens with zero attached hydrogens (tertiary/aromatic N) is 2. The van der Waals surface area contributed by atoms with Crippen LogP contribution in [0.3, 0.4) is 0 Å². The molecule has 3 aromatic carbocycles. The molecule has 6 nitrogen and oxygen atoms in total. The van der Waals surface area contributed by atoms with Crippen molar-refractivity contribution in [3.8, 4) is 0 Å². The number of halogens is 2. The molecule has 0 bridgehead atoms. The lowest BCUT2D eigenvalue weighted by Crippen LogP contribution is -2.49. The normalized spacial score (nSPS) is 17.4. The van der Waals surface area contributed by atoms with Gasteiger partial charge in [-0.2, -0.15) is 0 Å². The summed E-state index contributed by atoms with van der Waals surface area (Å²) in [5, 5.41) is 7.51. The van der Waals surface area contributed by atoms with Crippen molar-refractivity contribution in [1.82, 2.24) is 20.4 Å². The predicted octanol–water partition coefficient (Wildman–Crippen LogP) is 7.30. The van der Waals surface area contributed by atoms with Gasteiger partial charge in [-0.15, -0.1) is 0 Å². The summed E-state index contributed by atoms with van der Waals surface area (Å²) >= 11 is 8.52. The predicted molar refractivity (Wildman–Crippen MR) is 194 cm³/mol. The van der Waals surface area contributed by atoms with E-state index in [4.69, 9.17) is 11.6 Å². The SMILES string of the molecule is CC(C)N(CC[C@@H]1N[C@H](CCNC(=O)c2ccc(Cl)c(CI)c2)CCN(CC(c2ccccc2)c2ccccc2)C1=O)C(C)C. The Labute approximate surface area is 288 Å². The van der Waals surface area contributed by atoms with Crippen LogP contribution < -0.4 is 10.6 Å². The summed E-state index contributed by atoms with van der Waals surface area (Å²) in [5.41, 5.74) is 4.00. The zero-order valence-corrected chi connectivity index (χ0v) is 29.9. The molecule has 0 aromatic heterocycles. The standard InChI is InChI=1S/C37H48ClIN4O2/c1-26(2)43(27(3)4)22-19-35-37(45)42(25-33(28-11-7-5-8-12-28)29-13-9-6-10-14-29)21-18-32(41-35)17-20-40-36(44)30-15-16-34(38)31(23-30)24-39/h5-16,23,26-27,32-33,35,41H,17-22,24-25H2,1-4H3,(H,40,44)/t32-,35+/m1/s1. The Morgan fingerprint density at radius 3 is 2.18 bits per heavy atom. The third-order valence-electron chi connectivity index (χ3n) is 8.83. The molecule has 2 atom stereocenters. The number of amides is 2. The lowest BCUT2D eigenvalue weighted by atomic mass is 9.90. The quantitative estimate of drug-likeness (QED) is 0.135. The first-order valence-electron chi connectivity index (χ1n) is 16.2. The second-order valence-electron chi connectivity index (χ2n) is 12.6. The van der Waals surface area contributed by atoms with Crippen molar-refractivity contribution >= 4 is 46.0 Å². The topological polar surface area (TPSA) is 64.7 Å². The Morgan fingerprint density at radius 2 is 1.60 bits per heavy atom. The highest BCUT2D eigenvalue weighted by atomic mass is 127. The summed E-state index contributed by atoms with van der Waals surface area (Å²) < 4.78 is 0.746. The largest absolute Gasteiger partial charge is 0.352 e. The molecule has 8 heteroatoms. The van der Waals surface area contributed by atoms with E-state index in [0.29, 0.717) is 42.3 Å². The molecule has 1 saturated heterocycles. The number of rotatable bonds is 14. The van der Waals surface area contributed by atoms with Crippen LogP contribution in [0.5, 0.6) is 0 Å². The molecule has 3 aromatic rings. The average Bonchev–Trinajstić information content (AvgIpc) is 3.18. The fourth-order valence-corrected chi connectivity index (χ4v) is 7.40. The minimum atomic E-state index is -0.289. The molecule has 1 aliphatic heterocycles. The second-order valence-corrected chi connectivity index (χ2v) is 13.7. The van der Waals surface area contributed by atoms with Crippen LogP contribution in [-0.4, -0.2) is 72.0 Å². The molecule has 242 valence electrons. The highest BCUT2D eigenvalue weighted by Crippen LogP contribution is 2.27. The number of benzene rings is 3. The molecular formula is C37H48ClIN4O2. The first-order valence-corrected chi connectivity index (χ1v) is 18.1. The zero-order chi connectivity index (χ0) is 32.3. The Bertz CT molecular complexity index is 1320. The molecule has 1 heterocycles. The molecule has 45 heavy (non-hydrogen) atoms. The van der Waals surface area contributed by atoms with E-state index in [1.54, 1.807) is 12.1 Å². The van der Waals surface area contributed by atoms with Crippen LogP contribution >= 0.6 is 34.2 Å². The molecule has 0 spiro atoms. The summed E-state index contributed by atoms with van der Waals surface area (Å²) in [6.45, 7) is 11.5. The minimum Gasteiger partial charge on any atom is -0.352 e. The van der Waals surface area contributed by atoms with Gasteiger partial charge in [0.25, 0.3) is 5.91 Å². The van der Waals surface area contributed by atoms with Crippen molar-refractivity contribution < 1.29 is 9.59 Å². The van der Waals surface area contributed by atoms with Gasteiger partial charge in [0.05, 0.1) is 6.04 Å². The van der Waals surface area contributed by atoms with E-state index in [2.05, 4.69) is 119 Å². The second kappa shape index (κ2) is 17.5. The van der Waals surface area contributed by atoms with Gasteiger partial charge in [-0.3, -0.25) is 14.5 Å². The number of alkyl halides is 1. The van der Waals surface area contributed by atoms with Gasteiger partial charge in [-0.1, -0.05) is 94.9 Å². The van der Waals surface area contributed by atoms with Crippen LogP contribution in [0.1, 0.15) is 79.9 Å². The van der Waals surface area contributed by atoms with E-state index in [9.17, 15) is 9.59 Å². The smallest absolute Gasteiger partial charge is 0.251 e. The fraction of sp³-hybridized carbons (Fsp3) is 0.459. The lowest BCUT2D eigenvalue weighted by molar-refractivity contribution is -0.133. The Morgan fingerprint density at radius 1 is 0.978 bits per heavy atom. The van der Waals surface area contributed by atoms with Crippen LogP contribution in [0.4, 0.5) is 0 Å². The first kappa shape index (κ1) is 35.4. The van der Waals surface area contributed by atoms with E-state index in [1.165, 1.54) is 11.1 Å². The third kappa shape index (κ3) is 10.0. The molecule has 0 unspecified atom stereocenters. The molecule has 2 amide bonds. The maximum absolute atomic E-state index is 14.3. The van der Waals surface area contributed by atoms with E-state index >= 15 is 0 Å². The Balaban J connectivity index is 1.50. The van der Waals surface area contributed by atoms with Gasteiger partial charge in [-0.05, 0) is 81.8 Å². The summed E-state index contributed by atoms with van der Waals surface area (Å²) in [4.78, 5) is 31.7. The minimum absolute atomic E-state index is 0.0856. The summed E-state index contributed by atoms with van der Waals surface area (Å²) in [6, 6.07) is 27.1. The molecule has 0 saturated carbocycles. The molecular weight excluding hydrogens is 695 g/mol. The number of carbonyl (C=O) groups is 2. The maximum atomic E-state index is 14.3. The number of hydrogen-bond donors (Lipinski definition) is 2. The van der Waals surface area contributed by atoms with E-state index in [-0.39, 0.29) is 29.8 Å². The maximum Gasteiger partial charge on any atom is 0.251 e. The molecule has 2 N–H and O–H groups in total. The first-order chi connectivity index (χ1) is 21.7. The van der Waals surface area contributed by atoms with Gasteiger partial charge in [0.2, 0.25) is 5.91 Å². The van der Waals surface area contributed by atoms with Gasteiger partial charge in [0.15, 0.2) is 0 Å². The Kier molecular flexibility index (Phi) is 13.7. The number of carbonyl (C=O) groups excluding carboxylic acids is 2. The molecule has 4 rings (SSSR count). The van der Waals surface area contributed by atoms with Crippen molar-refractivity contribution in [2.75, 3.05) is 26.2 Å².